The normalized spacial score (nSPS) is 15.9. The molecular weight excluding hydrogens is 332 g/mol. The van der Waals surface area contributed by atoms with Crippen LogP contribution in [0.2, 0.25) is 0 Å². The maximum Gasteiger partial charge on any atom is 0.255 e. The average molecular weight is 352 g/mol. The predicted octanol–water partition coefficient (Wildman–Crippen LogP) is 3.49. The SMILES string of the molecule is Cc1ccc(NC(=O)c2ccc3c(c2)OCO3)cc1N1CCCCC1=O. The molecule has 0 unspecified atom stereocenters. The number of ether oxygens (including phenoxy) is 2. The van der Waals surface area contributed by atoms with Crippen LogP contribution in [0.5, 0.6) is 11.5 Å². The monoisotopic (exact) mass is 352 g/mol. The van der Waals surface area contributed by atoms with Crippen molar-refractivity contribution in [2.75, 3.05) is 23.6 Å². The number of fused-ring (bicyclic) bond motifs is 1. The van der Waals surface area contributed by atoms with E-state index in [1.807, 2.05) is 30.0 Å². The van der Waals surface area contributed by atoms with E-state index < -0.39 is 0 Å². The van der Waals surface area contributed by atoms with Crippen LogP contribution in [-0.2, 0) is 4.79 Å². The van der Waals surface area contributed by atoms with Crippen LogP contribution in [0.15, 0.2) is 36.4 Å². The minimum absolute atomic E-state index is 0.138. The molecule has 2 aromatic rings. The Kier molecular flexibility index (Phi) is 4.24. The molecule has 0 radical (unpaired) electrons. The first-order chi connectivity index (χ1) is 12.6. The summed E-state index contributed by atoms with van der Waals surface area (Å²) in [6.45, 7) is 2.87. The lowest BCUT2D eigenvalue weighted by molar-refractivity contribution is -0.119. The van der Waals surface area contributed by atoms with E-state index in [9.17, 15) is 9.59 Å². The van der Waals surface area contributed by atoms with Crippen LogP contribution in [0.4, 0.5) is 11.4 Å². The van der Waals surface area contributed by atoms with Crippen LogP contribution in [0.1, 0.15) is 35.2 Å². The Balaban J connectivity index is 1.55. The van der Waals surface area contributed by atoms with Gasteiger partial charge in [-0.25, -0.2) is 0 Å². The highest BCUT2D eigenvalue weighted by molar-refractivity contribution is 6.05. The van der Waals surface area contributed by atoms with Gasteiger partial charge >= 0.3 is 0 Å². The van der Waals surface area contributed by atoms with Crippen molar-refractivity contribution >= 4 is 23.2 Å². The Bertz CT molecular complexity index is 878. The third-order valence-electron chi connectivity index (χ3n) is 4.72. The maximum absolute atomic E-state index is 12.6. The largest absolute Gasteiger partial charge is 0.454 e. The van der Waals surface area contributed by atoms with Gasteiger partial charge in [0, 0.05) is 29.9 Å². The second-order valence-electron chi connectivity index (χ2n) is 6.53. The van der Waals surface area contributed by atoms with Gasteiger partial charge in [0.05, 0.1) is 0 Å². The maximum atomic E-state index is 12.6. The number of benzene rings is 2. The first-order valence-corrected chi connectivity index (χ1v) is 8.74. The molecule has 26 heavy (non-hydrogen) atoms. The van der Waals surface area contributed by atoms with Gasteiger partial charge in [0.2, 0.25) is 12.7 Å². The van der Waals surface area contributed by atoms with Crippen LogP contribution >= 0.6 is 0 Å². The number of nitrogens with zero attached hydrogens (tertiary/aromatic N) is 1. The number of rotatable bonds is 3. The van der Waals surface area contributed by atoms with Crippen LogP contribution in [0.3, 0.4) is 0 Å². The summed E-state index contributed by atoms with van der Waals surface area (Å²) >= 11 is 0. The Hall–Kier alpha value is -3.02. The number of hydrogen-bond acceptors (Lipinski definition) is 4. The number of carbonyl (C=O) groups is 2. The van der Waals surface area contributed by atoms with Crippen molar-refractivity contribution in [2.24, 2.45) is 0 Å². The smallest absolute Gasteiger partial charge is 0.255 e. The van der Waals surface area contributed by atoms with Crippen LogP contribution in [0.25, 0.3) is 0 Å². The highest BCUT2D eigenvalue weighted by Crippen LogP contribution is 2.33. The summed E-state index contributed by atoms with van der Waals surface area (Å²) in [4.78, 5) is 26.6. The van der Waals surface area contributed by atoms with E-state index in [2.05, 4.69) is 5.32 Å². The zero-order valence-electron chi connectivity index (χ0n) is 14.6. The molecule has 0 aromatic heterocycles. The molecule has 1 N–H and O–H groups in total. The summed E-state index contributed by atoms with van der Waals surface area (Å²) in [5, 5.41) is 2.90. The van der Waals surface area contributed by atoms with Gasteiger partial charge in [0.1, 0.15) is 0 Å². The standard InChI is InChI=1S/C20H20N2O4/c1-13-5-7-15(11-16(13)22-9-3-2-4-19(22)23)21-20(24)14-6-8-17-18(10-14)26-12-25-17/h5-8,10-11H,2-4,9,12H2,1H3,(H,21,24). The molecule has 0 bridgehead atoms. The Morgan fingerprint density at radius 3 is 2.77 bits per heavy atom. The summed E-state index contributed by atoms with van der Waals surface area (Å²) < 4.78 is 10.6. The lowest BCUT2D eigenvalue weighted by Crippen LogP contribution is -2.35. The molecule has 134 valence electrons. The van der Waals surface area contributed by atoms with Gasteiger partial charge in [-0.15, -0.1) is 0 Å². The van der Waals surface area contributed by atoms with Gasteiger partial charge in [-0.1, -0.05) is 6.07 Å². The fourth-order valence-corrected chi connectivity index (χ4v) is 3.28. The fraction of sp³-hybridized carbons (Fsp3) is 0.300. The molecule has 0 spiro atoms. The molecule has 1 saturated heterocycles. The number of aryl methyl sites for hydroxylation is 1. The third-order valence-corrected chi connectivity index (χ3v) is 4.72. The van der Waals surface area contributed by atoms with Crippen molar-refractivity contribution in [1.29, 1.82) is 0 Å². The molecule has 0 aliphatic carbocycles. The summed E-state index contributed by atoms with van der Waals surface area (Å²) in [7, 11) is 0. The Labute approximate surface area is 151 Å². The molecule has 2 aliphatic rings. The van der Waals surface area contributed by atoms with Crippen molar-refractivity contribution in [3.63, 3.8) is 0 Å². The summed E-state index contributed by atoms with van der Waals surface area (Å²) in [5.41, 5.74) is 3.02. The van der Waals surface area contributed by atoms with Gasteiger partial charge in [-0.3, -0.25) is 9.59 Å². The zero-order chi connectivity index (χ0) is 18.1. The van der Waals surface area contributed by atoms with E-state index >= 15 is 0 Å². The molecule has 1 fully saturated rings. The van der Waals surface area contributed by atoms with Gasteiger partial charge in [-0.05, 0) is 55.7 Å². The Morgan fingerprint density at radius 1 is 1.08 bits per heavy atom. The van der Waals surface area contributed by atoms with Gasteiger partial charge in [0.25, 0.3) is 5.91 Å². The molecule has 6 heteroatoms. The topological polar surface area (TPSA) is 67.9 Å². The highest BCUT2D eigenvalue weighted by atomic mass is 16.7. The second kappa shape index (κ2) is 6.71. The van der Waals surface area contributed by atoms with E-state index in [0.29, 0.717) is 29.2 Å². The summed E-state index contributed by atoms with van der Waals surface area (Å²) in [5.74, 6) is 1.12. The van der Waals surface area contributed by atoms with Crippen LogP contribution in [0, 0.1) is 6.92 Å². The van der Waals surface area contributed by atoms with Gasteiger partial charge in [0.15, 0.2) is 11.5 Å². The lowest BCUT2D eigenvalue weighted by Gasteiger charge is -2.28. The minimum atomic E-state index is -0.233. The molecule has 2 aliphatic heterocycles. The highest BCUT2D eigenvalue weighted by Gasteiger charge is 2.22. The third kappa shape index (κ3) is 3.10. The minimum Gasteiger partial charge on any atom is -0.454 e. The molecule has 2 amide bonds. The van der Waals surface area contributed by atoms with Crippen LogP contribution < -0.4 is 19.7 Å². The van der Waals surface area contributed by atoms with Crippen molar-refractivity contribution in [1.82, 2.24) is 0 Å². The molecule has 6 nitrogen and oxygen atoms in total. The molecule has 2 heterocycles. The average Bonchev–Trinajstić information content (AvgIpc) is 3.11. The van der Waals surface area contributed by atoms with Crippen LogP contribution in [-0.4, -0.2) is 25.2 Å². The van der Waals surface area contributed by atoms with Crippen molar-refractivity contribution < 1.29 is 19.1 Å². The molecule has 4 rings (SSSR count). The number of piperidine rings is 1. The van der Waals surface area contributed by atoms with E-state index in [4.69, 9.17) is 9.47 Å². The van der Waals surface area contributed by atoms with Crippen molar-refractivity contribution in [3.05, 3.63) is 47.5 Å². The van der Waals surface area contributed by atoms with E-state index in [-0.39, 0.29) is 18.6 Å². The summed E-state index contributed by atoms with van der Waals surface area (Å²) in [6.07, 6.45) is 2.51. The molecule has 0 saturated carbocycles. The number of anilines is 2. The quantitative estimate of drug-likeness (QED) is 0.918. The Morgan fingerprint density at radius 2 is 1.92 bits per heavy atom. The van der Waals surface area contributed by atoms with E-state index in [0.717, 1.165) is 30.6 Å². The van der Waals surface area contributed by atoms with Gasteiger partial charge in [-0.2, -0.15) is 0 Å². The first-order valence-electron chi connectivity index (χ1n) is 8.74. The lowest BCUT2D eigenvalue weighted by atomic mass is 10.1. The first kappa shape index (κ1) is 16.4. The molecular formula is C20H20N2O4. The van der Waals surface area contributed by atoms with E-state index in [1.54, 1.807) is 18.2 Å². The van der Waals surface area contributed by atoms with E-state index in [1.165, 1.54) is 0 Å². The second-order valence-corrected chi connectivity index (χ2v) is 6.53. The molecule has 0 atom stereocenters. The van der Waals surface area contributed by atoms with Crippen molar-refractivity contribution in [2.45, 2.75) is 26.2 Å². The number of hydrogen-bond donors (Lipinski definition) is 1. The predicted molar refractivity (Wildman–Crippen MR) is 97.9 cm³/mol. The number of amides is 2. The van der Waals surface area contributed by atoms with Crippen molar-refractivity contribution in [3.8, 4) is 11.5 Å². The summed E-state index contributed by atoms with van der Waals surface area (Å²) in [6, 6.07) is 10.7. The number of nitrogens with one attached hydrogen (secondary N) is 1. The fourth-order valence-electron chi connectivity index (χ4n) is 3.28. The van der Waals surface area contributed by atoms with Gasteiger partial charge < -0.3 is 19.7 Å². The number of carbonyl (C=O) groups excluding carboxylic acids is 2. The molecule has 2 aromatic carbocycles. The zero-order valence-corrected chi connectivity index (χ0v) is 14.6.